The summed E-state index contributed by atoms with van der Waals surface area (Å²) in [6.45, 7) is 4.80. The van der Waals surface area contributed by atoms with Gasteiger partial charge in [0.1, 0.15) is 11.2 Å². The zero-order valence-corrected chi connectivity index (χ0v) is 34.5. The fourth-order valence-corrected chi connectivity index (χ4v) is 11.2. The molecule has 1 heterocycles. The zero-order valence-electron chi connectivity index (χ0n) is 34.5. The van der Waals surface area contributed by atoms with Crippen LogP contribution < -0.4 is 0 Å². The Morgan fingerprint density at radius 2 is 0.790 bits per heavy atom. The summed E-state index contributed by atoms with van der Waals surface area (Å²) in [5.74, 6) is 0. The maximum Gasteiger partial charge on any atom is 0.143 e. The van der Waals surface area contributed by atoms with E-state index in [0.29, 0.717) is 0 Å². The van der Waals surface area contributed by atoms with Crippen molar-refractivity contribution >= 4 is 65.0 Å². The highest BCUT2D eigenvalue weighted by atomic mass is 16.3. The lowest BCUT2D eigenvalue weighted by Gasteiger charge is -2.24. The lowest BCUT2D eigenvalue weighted by molar-refractivity contribution is 0.666. The first-order valence-electron chi connectivity index (χ1n) is 21.7. The van der Waals surface area contributed by atoms with Gasteiger partial charge in [-0.3, -0.25) is 0 Å². The predicted octanol–water partition coefficient (Wildman–Crippen LogP) is 17.2. The molecule has 0 saturated heterocycles. The van der Waals surface area contributed by atoms with Gasteiger partial charge in [-0.15, -0.1) is 0 Å². The SMILES string of the molecule is CC1(C)c2ccc(-c3cccc(-c4c5ccccc5c(-c5ccccc5-c5cccc6c5oc5ccccc56)c5ccccc45)c3)cc2-c2c1c1ccccc1c1ccccc21. The summed E-state index contributed by atoms with van der Waals surface area (Å²) in [6.07, 6.45) is 0. The number of rotatable bonds is 4. The number of hydrogen-bond acceptors (Lipinski definition) is 1. The summed E-state index contributed by atoms with van der Waals surface area (Å²) in [5, 5.41) is 12.5. The predicted molar refractivity (Wildman–Crippen MR) is 263 cm³/mol. The molecule has 0 amide bonds. The Kier molecular flexibility index (Phi) is 7.42. The molecule has 0 unspecified atom stereocenters. The van der Waals surface area contributed by atoms with Gasteiger partial charge >= 0.3 is 0 Å². The van der Waals surface area contributed by atoms with E-state index in [-0.39, 0.29) is 5.41 Å². The van der Waals surface area contributed by atoms with E-state index in [1.807, 2.05) is 6.07 Å². The molecule has 290 valence electrons. The fraction of sp³-hybridized carbons (Fsp3) is 0.0492. The minimum atomic E-state index is -0.133. The lowest BCUT2D eigenvalue weighted by atomic mass is 9.79. The van der Waals surface area contributed by atoms with Crippen LogP contribution in [0.25, 0.3) is 121 Å². The van der Waals surface area contributed by atoms with E-state index in [4.69, 9.17) is 4.42 Å². The Balaban J connectivity index is 1.01. The average Bonchev–Trinajstić information content (AvgIpc) is 3.83. The molecule has 0 fully saturated rings. The standard InChI is InChI=1S/C61H40O/c1-61(2)54-34-33-38(36-53(54)58-45-24-7-3-19-40(45)41-20-5-12-29-50(41)59(58)61)37-17-15-18-39(35-37)56-46-25-8-10-27-48(46)57(49-28-11-9-26-47(49)56)44-23-6-4-21-42(44)51-30-16-31-52-43-22-13-14-32-55(43)62-60(51)52/h3-36H,1-2H3. The highest BCUT2D eigenvalue weighted by molar-refractivity contribution is 6.23. The average molecular weight is 789 g/mol. The van der Waals surface area contributed by atoms with Crippen LogP contribution in [0.4, 0.5) is 0 Å². The number of hydrogen-bond donors (Lipinski definition) is 0. The summed E-state index contributed by atoms with van der Waals surface area (Å²) in [6, 6.07) is 76.0. The van der Waals surface area contributed by atoms with Gasteiger partial charge in [0.25, 0.3) is 0 Å². The third-order valence-corrected chi connectivity index (χ3v) is 13.8. The molecule has 1 nitrogen and oxygen atoms in total. The van der Waals surface area contributed by atoms with Crippen LogP contribution in [-0.2, 0) is 5.41 Å². The van der Waals surface area contributed by atoms with Crippen LogP contribution in [0.15, 0.2) is 211 Å². The third kappa shape index (κ3) is 4.91. The van der Waals surface area contributed by atoms with Crippen molar-refractivity contribution in [2.45, 2.75) is 19.3 Å². The zero-order chi connectivity index (χ0) is 41.1. The van der Waals surface area contributed by atoms with Crippen LogP contribution in [0.5, 0.6) is 0 Å². The summed E-state index contributed by atoms with van der Waals surface area (Å²) in [7, 11) is 0. The second-order valence-electron chi connectivity index (χ2n) is 17.5. The van der Waals surface area contributed by atoms with Crippen LogP contribution in [0.1, 0.15) is 25.0 Å². The highest BCUT2D eigenvalue weighted by Crippen LogP contribution is 2.55. The Morgan fingerprint density at radius 3 is 1.50 bits per heavy atom. The maximum atomic E-state index is 6.62. The first kappa shape index (κ1) is 35.1. The molecule has 1 heteroatoms. The molecular formula is C61H40O. The molecule has 0 radical (unpaired) electrons. The summed E-state index contributed by atoms with van der Waals surface area (Å²) < 4.78 is 6.62. The van der Waals surface area contributed by atoms with Crippen molar-refractivity contribution < 1.29 is 4.42 Å². The molecule has 12 aromatic rings. The summed E-state index contributed by atoms with van der Waals surface area (Å²) >= 11 is 0. The topological polar surface area (TPSA) is 13.1 Å². The second kappa shape index (κ2) is 13.1. The molecule has 1 aromatic heterocycles. The monoisotopic (exact) mass is 788 g/mol. The number of furan rings is 1. The van der Waals surface area contributed by atoms with Gasteiger partial charge in [0.2, 0.25) is 0 Å². The number of benzene rings is 11. The van der Waals surface area contributed by atoms with Gasteiger partial charge in [-0.05, 0) is 122 Å². The Hall–Kier alpha value is -7.74. The highest BCUT2D eigenvalue weighted by Gasteiger charge is 2.38. The summed E-state index contributed by atoms with van der Waals surface area (Å²) in [4.78, 5) is 0. The quantitative estimate of drug-likeness (QED) is 0.128. The Bertz CT molecular complexity index is 3780. The van der Waals surface area contributed by atoms with Gasteiger partial charge in [0, 0.05) is 21.8 Å². The second-order valence-corrected chi connectivity index (χ2v) is 17.5. The molecule has 62 heavy (non-hydrogen) atoms. The van der Waals surface area contributed by atoms with Gasteiger partial charge < -0.3 is 4.42 Å². The minimum absolute atomic E-state index is 0.133. The first-order valence-corrected chi connectivity index (χ1v) is 21.7. The van der Waals surface area contributed by atoms with E-state index in [9.17, 15) is 0 Å². The van der Waals surface area contributed by atoms with E-state index in [1.165, 1.54) is 98.7 Å². The van der Waals surface area contributed by atoms with Crippen LogP contribution in [0, 0.1) is 0 Å². The molecular weight excluding hydrogens is 749 g/mol. The molecule has 0 bridgehead atoms. The van der Waals surface area contributed by atoms with Gasteiger partial charge in [0.15, 0.2) is 0 Å². The molecule has 0 N–H and O–H groups in total. The molecule has 1 aliphatic rings. The van der Waals surface area contributed by atoms with E-state index in [2.05, 4.69) is 214 Å². The Labute approximate surface area is 360 Å². The minimum Gasteiger partial charge on any atom is -0.455 e. The van der Waals surface area contributed by atoms with E-state index >= 15 is 0 Å². The molecule has 11 aromatic carbocycles. The molecule has 0 aliphatic heterocycles. The van der Waals surface area contributed by atoms with E-state index in [0.717, 1.165) is 33.1 Å². The van der Waals surface area contributed by atoms with Crippen molar-refractivity contribution in [3.05, 3.63) is 217 Å². The van der Waals surface area contributed by atoms with Crippen LogP contribution in [0.3, 0.4) is 0 Å². The number of para-hydroxylation sites is 2. The van der Waals surface area contributed by atoms with Crippen LogP contribution in [-0.4, -0.2) is 0 Å². The molecule has 0 atom stereocenters. The number of fused-ring (bicyclic) bond motifs is 13. The fourth-order valence-electron chi connectivity index (χ4n) is 11.2. The van der Waals surface area contributed by atoms with Crippen molar-refractivity contribution in [1.29, 1.82) is 0 Å². The van der Waals surface area contributed by atoms with Gasteiger partial charge in [-0.2, -0.15) is 0 Å². The van der Waals surface area contributed by atoms with E-state index < -0.39 is 0 Å². The van der Waals surface area contributed by atoms with Crippen molar-refractivity contribution in [1.82, 2.24) is 0 Å². The van der Waals surface area contributed by atoms with Crippen molar-refractivity contribution in [3.8, 4) is 55.6 Å². The molecule has 13 rings (SSSR count). The first-order chi connectivity index (χ1) is 30.5. The van der Waals surface area contributed by atoms with Crippen LogP contribution in [0.2, 0.25) is 0 Å². The lowest BCUT2D eigenvalue weighted by Crippen LogP contribution is -2.15. The maximum absolute atomic E-state index is 6.62. The molecule has 0 spiro atoms. The van der Waals surface area contributed by atoms with Gasteiger partial charge in [-0.1, -0.05) is 202 Å². The summed E-state index contributed by atoms with van der Waals surface area (Å²) in [5.41, 5.74) is 16.8. The Morgan fingerprint density at radius 1 is 0.306 bits per heavy atom. The van der Waals surface area contributed by atoms with E-state index in [1.54, 1.807) is 0 Å². The molecule has 0 saturated carbocycles. The molecule has 1 aliphatic carbocycles. The van der Waals surface area contributed by atoms with Crippen LogP contribution >= 0.6 is 0 Å². The largest absolute Gasteiger partial charge is 0.455 e. The third-order valence-electron chi connectivity index (χ3n) is 13.8. The van der Waals surface area contributed by atoms with Gasteiger partial charge in [-0.25, -0.2) is 0 Å². The van der Waals surface area contributed by atoms with Crippen molar-refractivity contribution in [2.75, 3.05) is 0 Å². The van der Waals surface area contributed by atoms with Crippen molar-refractivity contribution in [2.24, 2.45) is 0 Å². The normalized spacial score (nSPS) is 13.1. The van der Waals surface area contributed by atoms with Gasteiger partial charge in [0.05, 0.1) is 0 Å². The smallest absolute Gasteiger partial charge is 0.143 e. The van der Waals surface area contributed by atoms with Crippen molar-refractivity contribution in [3.63, 3.8) is 0 Å².